The van der Waals surface area contributed by atoms with Gasteiger partial charge in [0.25, 0.3) is 0 Å². The van der Waals surface area contributed by atoms with E-state index in [1.807, 2.05) is 0 Å². The molecule has 0 spiro atoms. The Hall–Kier alpha value is 0.270. The van der Waals surface area contributed by atoms with Crippen LogP contribution in [0.2, 0.25) is 0 Å². The highest BCUT2D eigenvalue weighted by atomic mass is 32.2. The Morgan fingerprint density at radius 1 is 1.06 bits per heavy atom. The van der Waals surface area contributed by atoms with E-state index >= 15 is 0 Å². The zero-order valence-electron chi connectivity index (χ0n) is 11.2. The van der Waals surface area contributed by atoms with Crippen LogP contribution in [0.25, 0.3) is 0 Å². The van der Waals surface area contributed by atoms with Gasteiger partial charge in [-0.1, -0.05) is 26.2 Å². The van der Waals surface area contributed by atoms with Gasteiger partial charge in [0.1, 0.15) is 0 Å². The Morgan fingerprint density at radius 3 is 2.59 bits per heavy atom. The fraction of sp³-hybridized carbons (Fsp3) is 1.00. The maximum absolute atomic E-state index is 5.92. The van der Waals surface area contributed by atoms with Crippen molar-refractivity contribution in [3.05, 3.63) is 0 Å². The summed E-state index contributed by atoms with van der Waals surface area (Å²) in [5.41, 5.74) is 5.92. The summed E-state index contributed by atoms with van der Waals surface area (Å²) in [4.78, 5) is 0. The zero-order chi connectivity index (χ0) is 12.1. The molecule has 2 aliphatic carbocycles. The largest absolute Gasteiger partial charge is 0.330 e. The van der Waals surface area contributed by atoms with Crippen LogP contribution in [0, 0.1) is 5.92 Å². The summed E-state index contributed by atoms with van der Waals surface area (Å²) in [7, 11) is 0. The van der Waals surface area contributed by atoms with Gasteiger partial charge < -0.3 is 11.1 Å². The van der Waals surface area contributed by atoms with Crippen LogP contribution in [0.1, 0.15) is 51.9 Å². The lowest BCUT2D eigenvalue weighted by atomic mass is 9.84. The van der Waals surface area contributed by atoms with E-state index < -0.39 is 0 Å². The molecule has 2 fully saturated rings. The second-order valence-electron chi connectivity index (χ2n) is 5.58. The Bertz CT molecular complexity index is 222. The lowest BCUT2D eigenvalue weighted by Gasteiger charge is -2.35. The molecule has 0 aromatic heterocycles. The number of nitrogens with one attached hydrogen (secondary N) is 1. The van der Waals surface area contributed by atoms with Crippen LogP contribution in [-0.4, -0.2) is 29.6 Å². The molecule has 0 heterocycles. The number of hydrogen-bond donors (Lipinski definition) is 2. The molecule has 3 N–H and O–H groups in total. The summed E-state index contributed by atoms with van der Waals surface area (Å²) in [6, 6.07) is 1.47. The van der Waals surface area contributed by atoms with Crippen LogP contribution in [0.3, 0.4) is 0 Å². The van der Waals surface area contributed by atoms with Gasteiger partial charge in [-0.25, -0.2) is 0 Å². The molecule has 4 atom stereocenters. The van der Waals surface area contributed by atoms with Crippen molar-refractivity contribution in [1.82, 2.24) is 5.32 Å². The van der Waals surface area contributed by atoms with Gasteiger partial charge in [-0.15, -0.1) is 0 Å². The van der Waals surface area contributed by atoms with Crippen molar-refractivity contribution in [2.24, 2.45) is 11.7 Å². The SMILES string of the molecule is CCSC1CCCC1NC1CCCCC1CN. The molecule has 0 saturated heterocycles. The summed E-state index contributed by atoms with van der Waals surface area (Å²) < 4.78 is 0. The van der Waals surface area contributed by atoms with Gasteiger partial charge >= 0.3 is 0 Å². The first-order valence-electron chi connectivity index (χ1n) is 7.42. The first-order valence-corrected chi connectivity index (χ1v) is 8.47. The fourth-order valence-electron chi connectivity index (χ4n) is 3.51. The van der Waals surface area contributed by atoms with Crippen molar-refractivity contribution < 1.29 is 0 Å². The first-order chi connectivity index (χ1) is 8.35. The molecular weight excluding hydrogens is 228 g/mol. The van der Waals surface area contributed by atoms with Crippen molar-refractivity contribution in [1.29, 1.82) is 0 Å². The maximum atomic E-state index is 5.92. The standard InChI is InChI=1S/C14H28N2S/c1-2-17-14-9-5-8-13(14)16-12-7-4-3-6-11(12)10-15/h11-14,16H,2-10,15H2,1H3. The third-order valence-corrected chi connectivity index (χ3v) is 5.80. The minimum Gasteiger partial charge on any atom is -0.330 e. The third-order valence-electron chi connectivity index (χ3n) is 4.47. The molecule has 100 valence electrons. The van der Waals surface area contributed by atoms with E-state index in [1.165, 1.54) is 50.7 Å². The van der Waals surface area contributed by atoms with Gasteiger partial charge in [-0.2, -0.15) is 11.8 Å². The van der Waals surface area contributed by atoms with E-state index in [4.69, 9.17) is 5.73 Å². The van der Waals surface area contributed by atoms with Crippen LogP contribution >= 0.6 is 11.8 Å². The Balaban J connectivity index is 1.85. The van der Waals surface area contributed by atoms with Crippen molar-refractivity contribution in [2.45, 2.75) is 69.2 Å². The molecule has 0 aliphatic heterocycles. The van der Waals surface area contributed by atoms with Gasteiger partial charge in [-0.3, -0.25) is 0 Å². The molecule has 2 saturated carbocycles. The zero-order valence-corrected chi connectivity index (χ0v) is 12.0. The minimum atomic E-state index is 0.705. The van der Waals surface area contributed by atoms with Crippen molar-refractivity contribution in [3.63, 3.8) is 0 Å². The first kappa shape index (κ1) is 13.7. The predicted molar refractivity (Wildman–Crippen MR) is 77.5 cm³/mol. The van der Waals surface area contributed by atoms with Crippen LogP contribution in [-0.2, 0) is 0 Å². The molecule has 2 nitrogen and oxygen atoms in total. The Morgan fingerprint density at radius 2 is 1.82 bits per heavy atom. The molecule has 0 amide bonds. The minimum absolute atomic E-state index is 0.705. The second-order valence-corrected chi connectivity index (χ2v) is 7.10. The van der Waals surface area contributed by atoms with Crippen molar-refractivity contribution in [3.8, 4) is 0 Å². The van der Waals surface area contributed by atoms with Crippen LogP contribution in [0.15, 0.2) is 0 Å². The quantitative estimate of drug-likeness (QED) is 0.794. The smallest absolute Gasteiger partial charge is 0.0201 e. The number of rotatable bonds is 5. The lowest BCUT2D eigenvalue weighted by Crippen LogP contribution is -2.48. The summed E-state index contributed by atoms with van der Waals surface area (Å²) >= 11 is 2.15. The molecule has 2 rings (SSSR count). The van der Waals surface area contributed by atoms with E-state index in [0.717, 1.165) is 23.8 Å². The van der Waals surface area contributed by atoms with E-state index in [0.29, 0.717) is 6.04 Å². The monoisotopic (exact) mass is 256 g/mol. The van der Waals surface area contributed by atoms with Crippen LogP contribution in [0.5, 0.6) is 0 Å². The Kier molecular flexibility index (Phi) is 5.64. The highest BCUT2D eigenvalue weighted by molar-refractivity contribution is 7.99. The molecule has 0 aromatic carbocycles. The lowest BCUT2D eigenvalue weighted by molar-refractivity contribution is 0.249. The highest BCUT2D eigenvalue weighted by Gasteiger charge is 2.32. The summed E-state index contributed by atoms with van der Waals surface area (Å²) in [6.45, 7) is 3.15. The van der Waals surface area contributed by atoms with Gasteiger partial charge in [0, 0.05) is 17.3 Å². The van der Waals surface area contributed by atoms with E-state index in [9.17, 15) is 0 Å². The second kappa shape index (κ2) is 7.01. The topological polar surface area (TPSA) is 38.0 Å². The van der Waals surface area contributed by atoms with Gasteiger partial charge in [0.05, 0.1) is 0 Å². The third kappa shape index (κ3) is 3.62. The Labute approximate surface area is 110 Å². The summed E-state index contributed by atoms with van der Waals surface area (Å²) in [5, 5.41) is 4.81. The number of nitrogens with two attached hydrogens (primary N) is 1. The van der Waals surface area contributed by atoms with Crippen molar-refractivity contribution >= 4 is 11.8 Å². The number of hydrogen-bond acceptors (Lipinski definition) is 3. The molecule has 0 radical (unpaired) electrons. The van der Waals surface area contributed by atoms with E-state index in [1.54, 1.807) is 0 Å². The van der Waals surface area contributed by atoms with Gasteiger partial charge in [-0.05, 0) is 43.9 Å². The maximum Gasteiger partial charge on any atom is 0.0201 e. The highest BCUT2D eigenvalue weighted by Crippen LogP contribution is 2.32. The normalized spacial score (nSPS) is 38.5. The van der Waals surface area contributed by atoms with Gasteiger partial charge in [0.2, 0.25) is 0 Å². The molecule has 0 bridgehead atoms. The summed E-state index contributed by atoms with van der Waals surface area (Å²) in [6.07, 6.45) is 9.68. The molecular formula is C14H28N2S. The van der Waals surface area contributed by atoms with Crippen LogP contribution in [0.4, 0.5) is 0 Å². The molecule has 0 aromatic rings. The number of thioether (sulfide) groups is 1. The average Bonchev–Trinajstić information content (AvgIpc) is 2.78. The molecule has 4 unspecified atom stereocenters. The predicted octanol–water partition coefficient (Wildman–Crippen LogP) is 2.77. The van der Waals surface area contributed by atoms with Crippen molar-refractivity contribution in [2.75, 3.05) is 12.3 Å². The molecule has 17 heavy (non-hydrogen) atoms. The molecule has 3 heteroatoms. The average molecular weight is 256 g/mol. The summed E-state index contributed by atoms with van der Waals surface area (Å²) in [5.74, 6) is 1.99. The van der Waals surface area contributed by atoms with E-state index in [-0.39, 0.29) is 0 Å². The molecule has 2 aliphatic rings. The van der Waals surface area contributed by atoms with E-state index in [2.05, 4.69) is 24.0 Å². The van der Waals surface area contributed by atoms with Crippen LogP contribution < -0.4 is 11.1 Å². The van der Waals surface area contributed by atoms with Gasteiger partial charge in [0.15, 0.2) is 0 Å². The fourth-order valence-corrected chi connectivity index (χ4v) is 4.72.